The Morgan fingerprint density at radius 1 is 1.41 bits per heavy atom. The van der Waals surface area contributed by atoms with E-state index in [9.17, 15) is 4.79 Å². The van der Waals surface area contributed by atoms with E-state index in [0.29, 0.717) is 0 Å². The third-order valence-electron chi connectivity index (χ3n) is 2.81. The van der Waals surface area contributed by atoms with E-state index in [0.717, 1.165) is 16.7 Å². The number of aromatic nitrogens is 1. The average Bonchev–Trinajstić information content (AvgIpc) is 2.93. The van der Waals surface area contributed by atoms with Gasteiger partial charge in [0.15, 0.2) is 6.61 Å². The molecular formula is C12H11NO4. The number of hydrogen-bond acceptors (Lipinski definition) is 4. The fraction of sp³-hybridized carbons (Fsp3) is 0.250. The zero-order valence-electron chi connectivity index (χ0n) is 9.25. The van der Waals surface area contributed by atoms with Gasteiger partial charge in [-0.3, -0.25) is 0 Å². The lowest BCUT2D eigenvalue weighted by atomic mass is 10.2. The second-order valence-corrected chi connectivity index (χ2v) is 3.78. The number of rotatable bonds is 2. The third kappa shape index (κ3) is 1.60. The maximum atomic E-state index is 10.9. The van der Waals surface area contributed by atoms with Crippen LogP contribution in [0, 0.1) is 0 Å². The summed E-state index contributed by atoms with van der Waals surface area (Å²) < 4.78 is 16.8. The molecule has 3 rings (SSSR count). The number of benzene rings is 1. The van der Waals surface area contributed by atoms with Gasteiger partial charge in [-0.05, 0) is 24.3 Å². The van der Waals surface area contributed by atoms with E-state index < -0.39 is 6.16 Å². The number of methoxy groups -OCH3 is 1. The molecule has 0 N–H and O–H groups in total. The number of fused-ring (bicyclic) bond motifs is 1. The van der Waals surface area contributed by atoms with Crippen LogP contribution in [0.2, 0.25) is 0 Å². The van der Waals surface area contributed by atoms with Crippen LogP contribution in [0.5, 0.6) is 5.75 Å². The van der Waals surface area contributed by atoms with Crippen molar-refractivity contribution in [1.29, 1.82) is 0 Å². The molecule has 0 saturated carbocycles. The second-order valence-electron chi connectivity index (χ2n) is 3.78. The first-order chi connectivity index (χ1) is 8.28. The lowest BCUT2D eigenvalue weighted by molar-refractivity contribution is 0.0979. The SMILES string of the molecule is COc1ccc2c(ccn2C2COC(=O)O2)c1. The minimum atomic E-state index is -0.620. The van der Waals surface area contributed by atoms with Crippen LogP contribution in [0.3, 0.4) is 0 Å². The van der Waals surface area contributed by atoms with Gasteiger partial charge in [-0.1, -0.05) is 0 Å². The summed E-state index contributed by atoms with van der Waals surface area (Å²) in [6.45, 7) is 0.245. The third-order valence-corrected chi connectivity index (χ3v) is 2.81. The number of hydrogen-bond donors (Lipinski definition) is 0. The first kappa shape index (κ1) is 10.0. The molecule has 1 aliphatic heterocycles. The molecule has 0 aliphatic carbocycles. The van der Waals surface area contributed by atoms with Crippen molar-refractivity contribution in [2.24, 2.45) is 0 Å². The fourth-order valence-electron chi connectivity index (χ4n) is 1.98. The first-order valence-corrected chi connectivity index (χ1v) is 5.26. The fourth-order valence-corrected chi connectivity index (χ4v) is 1.98. The summed E-state index contributed by atoms with van der Waals surface area (Å²) in [6, 6.07) is 7.68. The molecule has 0 radical (unpaired) electrons. The summed E-state index contributed by atoms with van der Waals surface area (Å²) in [6.07, 6.45) is 0.871. The lowest BCUT2D eigenvalue weighted by Gasteiger charge is -2.10. The van der Waals surface area contributed by atoms with Crippen molar-refractivity contribution in [3.05, 3.63) is 30.5 Å². The minimum absolute atomic E-state index is 0.245. The Bertz CT molecular complexity index is 575. The van der Waals surface area contributed by atoms with Gasteiger partial charge in [-0.25, -0.2) is 4.79 Å². The highest BCUT2D eigenvalue weighted by molar-refractivity contribution is 5.82. The Morgan fingerprint density at radius 3 is 3.00 bits per heavy atom. The summed E-state index contributed by atoms with van der Waals surface area (Å²) in [5.41, 5.74) is 0.981. The van der Waals surface area contributed by atoms with Gasteiger partial charge in [0.25, 0.3) is 0 Å². The highest BCUT2D eigenvalue weighted by atomic mass is 16.8. The van der Waals surface area contributed by atoms with Crippen LogP contribution in [0.15, 0.2) is 30.5 Å². The zero-order valence-corrected chi connectivity index (χ0v) is 9.25. The molecule has 0 amide bonds. The highest BCUT2D eigenvalue weighted by Gasteiger charge is 2.27. The normalized spacial score (nSPS) is 19.1. The van der Waals surface area contributed by atoms with Crippen LogP contribution in [-0.4, -0.2) is 24.4 Å². The monoisotopic (exact) mass is 233 g/mol. The molecule has 5 heteroatoms. The molecule has 1 aromatic carbocycles. The molecule has 5 nitrogen and oxygen atoms in total. The largest absolute Gasteiger partial charge is 0.510 e. The molecule has 88 valence electrons. The molecule has 1 fully saturated rings. The summed E-state index contributed by atoms with van der Waals surface area (Å²) in [5.74, 6) is 0.801. The predicted octanol–water partition coefficient (Wildman–Crippen LogP) is 2.32. The Kier molecular flexibility index (Phi) is 2.18. The first-order valence-electron chi connectivity index (χ1n) is 5.26. The molecule has 1 aromatic heterocycles. The van der Waals surface area contributed by atoms with Crippen molar-refractivity contribution in [2.75, 3.05) is 13.7 Å². The van der Waals surface area contributed by atoms with E-state index in [1.165, 1.54) is 0 Å². The number of ether oxygens (including phenoxy) is 3. The van der Waals surface area contributed by atoms with Gasteiger partial charge in [-0.2, -0.15) is 0 Å². The molecule has 1 aliphatic rings. The van der Waals surface area contributed by atoms with Gasteiger partial charge in [0.05, 0.1) is 12.6 Å². The van der Waals surface area contributed by atoms with E-state index in [4.69, 9.17) is 14.2 Å². The van der Waals surface area contributed by atoms with Crippen LogP contribution in [-0.2, 0) is 9.47 Å². The van der Waals surface area contributed by atoms with Crippen LogP contribution >= 0.6 is 0 Å². The summed E-state index contributed by atoms with van der Waals surface area (Å²) >= 11 is 0. The van der Waals surface area contributed by atoms with E-state index >= 15 is 0 Å². The van der Waals surface area contributed by atoms with Crippen LogP contribution < -0.4 is 4.74 Å². The van der Waals surface area contributed by atoms with Gasteiger partial charge >= 0.3 is 6.16 Å². The molecule has 17 heavy (non-hydrogen) atoms. The quantitative estimate of drug-likeness (QED) is 0.747. The summed E-state index contributed by atoms with van der Waals surface area (Å²) in [4.78, 5) is 10.9. The number of cyclic esters (lactones) is 2. The van der Waals surface area contributed by atoms with Crippen molar-refractivity contribution < 1.29 is 19.0 Å². The Morgan fingerprint density at radius 2 is 2.29 bits per heavy atom. The molecule has 1 unspecified atom stereocenters. The zero-order chi connectivity index (χ0) is 11.8. The number of carbonyl (C=O) groups excluding carboxylic acids is 1. The Hall–Kier alpha value is -2.17. The Labute approximate surface area is 97.5 Å². The van der Waals surface area contributed by atoms with E-state index in [2.05, 4.69) is 0 Å². The van der Waals surface area contributed by atoms with Crippen LogP contribution in [0.4, 0.5) is 4.79 Å². The van der Waals surface area contributed by atoms with Gasteiger partial charge < -0.3 is 18.8 Å². The number of carbonyl (C=O) groups is 1. The highest BCUT2D eigenvalue weighted by Crippen LogP contribution is 2.27. The molecule has 2 aromatic rings. The van der Waals surface area contributed by atoms with Crippen molar-refractivity contribution in [3.8, 4) is 5.75 Å². The Balaban J connectivity index is 2.03. The molecule has 2 heterocycles. The van der Waals surface area contributed by atoms with Gasteiger partial charge in [0.1, 0.15) is 5.75 Å². The predicted molar refractivity (Wildman–Crippen MR) is 60.0 cm³/mol. The average molecular weight is 233 g/mol. The maximum Gasteiger partial charge on any atom is 0.510 e. The molecule has 0 spiro atoms. The standard InChI is InChI=1S/C12H11NO4/c1-15-9-2-3-10-8(6-9)4-5-13(10)11-7-16-12(14)17-11/h2-6,11H,7H2,1H3. The topological polar surface area (TPSA) is 49.7 Å². The number of nitrogens with zero attached hydrogens (tertiary/aromatic N) is 1. The van der Waals surface area contributed by atoms with Crippen molar-refractivity contribution in [3.63, 3.8) is 0 Å². The lowest BCUT2D eigenvalue weighted by Crippen LogP contribution is -2.09. The van der Waals surface area contributed by atoms with Gasteiger partial charge in [0.2, 0.25) is 6.23 Å². The van der Waals surface area contributed by atoms with Gasteiger partial charge in [0, 0.05) is 11.6 Å². The van der Waals surface area contributed by atoms with Crippen molar-refractivity contribution in [2.45, 2.75) is 6.23 Å². The van der Waals surface area contributed by atoms with Crippen LogP contribution in [0.1, 0.15) is 6.23 Å². The smallest absolute Gasteiger partial charge is 0.497 e. The second kappa shape index (κ2) is 3.69. The molecular weight excluding hydrogens is 222 g/mol. The van der Waals surface area contributed by atoms with E-state index in [1.807, 2.05) is 35.0 Å². The van der Waals surface area contributed by atoms with Crippen molar-refractivity contribution >= 4 is 17.1 Å². The maximum absolute atomic E-state index is 10.9. The minimum Gasteiger partial charge on any atom is -0.497 e. The summed E-state index contributed by atoms with van der Waals surface area (Å²) in [5, 5.41) is 1.03. The van der Waals surface area contributed by atoms with Crippen molar-refractivity contribution in [1.82, 2.24) is 4.57 Å². The van der Waals surface area contributed by atoms with Gasteiger partial charge in [-0.15, -0.1) is 0 Å². The van der Waals surface area contributed by atoms with E-state index in [-0.39, 0.29) is 12.8 Å². The molecule has 1 saturated heterocycles. The summed E-state index contributed by atoms with van der Waals surface area (Å²) in [7, 11) is 1.63. The molecule has 1 atom stereocenters. The van der Waals surface area contributed by atoms with Crippen LogP contribution in [0.25, 0.3) is 10.9 Å². The van der Waals surface area contributed by atoms with E-state index in [1.54, 1.807) is 7.11 Å². The molecule has 0 bridgehead atoms.